The number of anilines is 1. The minimum absolute atomic E-state index is 0.0125. The fourth-order valence-electron chi connectivity index (χ4n) is 2.58. The van der Waals surface area contributed by atoms with Gasteiger partial charge < -0.3 is 20.1 Å². The Bertz CT molecular complexity index is 718. The number of hydrogen-bond donors (Lipinski definition) is 2. The Morgan fingerprint density at radius 3 is 2.42 bits per heavy atom. The fraction of sp³-hybridized carbons (Fsp3) is 0.412. The van der Waals surface area contributed by atoms with Gasteiger partial charge in [0.2, 0.25) is 17.9 Å². The zero-order valence-electron chi connectivity index (χ0n) is 14.3. The maximum absolute atomic E-state index is 13.4. The maximum atomic E-state index is 13.4. The van der Waals surface area contributed by atoms with E-state index < -0.39 is 41.5 Å². The third-order valence-corrected chi connectivity index (χ3v) is 3.70. The number of benzene rings is 1. The quantitative estimate of drug-likeness (QED) is 0.571. The van der Waals surface area contributed by atoms with Crippen LogP contribution in [0.2, 0.25) is 0 Å². The molecule has 0 aromatic heterocycles. The summed E-state index contributed by atoms with van der Waals surface area (Å²) in [5.41, 5.74) is 0.556. The van der Waals surface area contributed by atoms with E-state index in [9.17, 15) is 23.6 Å². The van der Waals surface area contributed by atoms with E-state index in [2.05, 4.69) is 10.6 Å². The van der Waals surface area contributed by atoms with E-state index in [0.717, 1.165) is 12.1 Å². The summed E-state index contributed by atoms with van der Waals surface area (Å²) in [7, 11) is 0. The third kappa shape index (κ3) is 4.35. The van der Waals surface area contributed by atoms with E-state index in [1.807, 2.05) is 0 Å². The molecule has 0 bridgehead atoms. The van der Waals surface area contributed by atoms with Crippen LogP contribution in [0.25, 0.3) is 0 Å². The summed E-state index contributed by atoms with van der Waals surface area (Å²) in [5.74, 6) is -4.68. The first kappa shape index (κ1) is 19.4. The lowest BCUT2D eigenvalue weighted by Gasteiger charge is -2.26. The van der Waals surface area contributed by atoms with E-state index in [-0.39, 0.29) is 25.3 Å². The van der Waals surface area contributed by atoms with Gasteiger partial charge in [0.15, 0.2) is 0 Å². The van der Waals surface area contributed by atoms with Crippen LogP contribution in [0.4, 0.5) is 10.1 Å². The molecule has 1 aliphatic heterocycles. The van der Waals surface area contributed by atoms with Gasteiger partial charge >= 0.3 is 11.9 Å². The molecule has 1 aromatic rings. The minimum Gasteiger partial charge on any atom is -0.464 e. The van der Waals surface area contributed by atoms with Gasteiger partial charge in [0.05, 0.1) is 19.1 Å². The van der Waals surface area contributed by atoms with Gasteiger partial charge in [-0.2, -0.15) is 0 Å². The predicted molar refractivity (Wildman–Crippen MR) is 87.6 cm³/mol. The lowest BCUT2D eigenvalue weighted by Crippen LogP contribution is -2.50. The van der Waals surface area contributed by atoms with Gasteiger partial charge in [-0.25, -0.2) is 14.0 Å². The van der Waals surface area contributed by atoms with Crippen molar-refractivity contribution in [3.05, 3.63) is 29.6 Å². The van der Waals surface area contributed by atoms with Crippen molar-refractivity contribution in [1.82, 2.24) is 5.32 Å². The Hall–Kier alpha value is -2.97. The van der Waals surface area contributed by atoms with Crippen molar-refractivity contribution in [2.45, 2.75) is 32.2 Å². The first-order chi connectivity index (χ1) is 12.4. The van der Waals surface area contributed by atoms with Crippen molar-refractivity contribution >= 4 is 29.4 Å². The second kappa shape index (κ2) is 8.41. The van der Waals surface area contributed by atoms with E-state index in [1.165, 1.54) is 6.07 Å². The minimum atomic E-state index is -1.64. The summed E-state index contributed by atoms with van der Waals surface area (Å²) in [6.45, 7) is 3.13. The molecule has 1 aromatic carbocycles. The smallest absolute Gasteiger partial charge is 0.340 e. The summed E-state index contributed by atoms with van der Waals surface area (Å²) in [6, 6.07) is 1.99. The third-order valence-electron chi connectivity index (χ3n) is 3.70. The largest absolute Gasteiger partial charge is 0.464 e. The van der Waals surface area contributed by atoms with Gasteiger partial charge in [-0.05, 0) is 31.5 Å². The Kier molecular flexibility index (Phi) is 6.26. The highest BCUT2D eigenvalue weighted by molar-refractivity contribution is 6.06. The lowest BCUT2D eigenvalue weighted by atomic mass is 9.89. The molecule has 1 heterocycles. The normalized spacial score (nSPS) is 15.7. The van der Waals surface area contributed by atoms with Crippen LogP contribution in [0, 0.1) is 5.82 Å². The van der Waals surface area contributed by atoms with E-state index in [0.29, 0.717) is 5.56 Å². The molecule has 2 N–H and O–H groups in total. The van der Waals surface area contributed by atoms with Crippen LogP contribution in [-0.2, 0) is 28.7 Å². The molecular formula is C17H19FN2O6. The second-order valence-corrected chi connectivity index (χ2v) is 5.48. The average molecular weight is 366 g/mol. The number of amides is 2. The maximum Gasteiger partial charge on any atom is 0.340 e. The molecule has 0 radical (unpaired) electrons. The fourth-order valence-corrected chi connectivity index (χ4v) is 2.58. The zero-order valence-corrected chi connectivity index (χ0v) is 14.3. The first-order valence-corrected chi connectivity index (χ1v) is 8.10. The standard InChI is InChI=1S/C17H19FN2O6/c1-3-25-16(23)14(17(24)26-4-2)20-15(22)11-8-13(21)19-12-7-9(18)5-6-10(11)12/h5-7,11,14H,3-4,8H2,1-2H3,(H,19,21)(H,20,22)/t11-/m1/s1. The molecule has 26 heavy (non-hydrogen) atoms. The number of rotatable bonds is 6. The second-order valence-electron chi connectivity index (χ2n) is 5.48. The van der Waals surface area contributed by atoms with E-state index >= 15 is 0 Å². The number of fused-ring (bicyclic) bond motifs is 1. The molecule has 1 atom stereocenters. The topological polar surface area (TPSA) is 111 Å². The highest BCUT2D eigenvalue weighted by Gasteiger charge is 2.37. The van der Waals surface area contributed by atoms with Crippen LogP contribution in [0.15, 0.2) is 18.2 Å². The number of carbonyl (C=O) groups is 4. The summed E-state index contributed by atoms with van der Waals surface area (Å²) in [4.78, 5) is 48.4. The molecule has 140 valence electrons. The Morgan fingerprint density at radius 1 is 1.23 bits per heavy atom. The highest BCUT2D eigenvalue weighted by atomic mass is 19.1. The molecule has 0 saturated carbocycles. The van der Waals surface area contributed by atoms with Crippen molar-refractivity contribution in [2.24, 2.45) is 0 Å². The SMILES string of the molecule is CCOC(=O)C(NC(=O)[C@@H]1CC(=O)Nc2cc(F)ccc21)C(=O)OCC. The summed E-state index contributed by atoms with van der Waals surface area (Å²) >= 11 is 0. The van der Waals surface area contributed by atoms with Crippen LogP contribution >= 0.6 is 0 Å². The number of halogens is 1. The number of nitrogens with one attached hydrogen (secondary N) is 2. The lowest BCUT2D eigenvalue weighted by molar-refractivity contribution is -0.159. The van der Waals surface area contributed by atoms with E-state index in [1.54, 1.807) is 13.8 Å². The van der Waals surface area contributed by atoms with Crippen LogP contribution in [0.1, 0.15) is 31.7 Å². The van der Waals surface area contributed by atoms with Crippen LogP contribution in [-0.4, -0.2) is 43.0 Å². The predicted octanol–water partition coefficient (Wildman–Crippen LogP) is 0.862. The number of hydrogen-bond acceptors (Lipinski definition) is 6. The van der Waals surface area contributed by atoms with Crippen LogP contribution in [0.5, 0.6) is 0 Å². The molecule has 1 aliphatic rings. The van der Waals surface area contributed by atoms with Gasteiger partial charge in [-0.3, -0.25) is 9.59 Å². The Labute approximate surface area is 149 Å². The van der Waals surface area contributed by atoms with Gasteiger partial charge in [0, 0.05) is 12.1 Å². The monoisotopic (exact) mass is 366 g/mol. The van der Waals surface area contributed by atoms with Crippen LogP contribution in [0.3, 0.4) is 0 Å². The first-order valence-electron chi connectivity index (χ1n) is 8.10. The molecule has 0 aliphatic carbocycles. The Balaban J connectivity index is 2.25. The molecule has 0 spiro atoms. The number of ether oxygens (including phenoxy) is 2. The average Bonchev–Trinajstić information content (AvgIpc) is 2.58. The summed E-state index contributed by atoms with van der Waals surface area (Å²) < 4.78 is 22.9. The van der Waals surface area contributed by atoms with Gasteiger partial charge in [0.25, 0.3) is 0 Å². The van der Waals surface area contributed by atoms with Crippen molar-refractivity contribution < 1.29 is 33.0 Å². The van der Waals surface area contributed by atoms with Gasteiger partial charge in [0.1, 0.15) is 5.82 Å². The summed E-state index contributed by atoms with van der Waals surface area (Å²) in [5, 5.41) is 4.75. The van der Waals surface area contributed by atoms with Crippen molar-refractivity contribution in [2.75, 3.05) is 18.5 Å². The number of carbonyl (C=O) groups excluding carboxylic acids is 4. The molecule has 2 amide bonds. The van der Waals surface area contributed by atoms with Crippen molar-refractivity contribution in [1.29, 1.82) is 0 Å². The van der Waals surface area contributed by atoms with E-state index in [4.69, 9.17) is 9.47 Å². The van der Waals surface area contributed by atoms with Crippen LogP contribution < -0.4 is 10.6 Å². The molecule has 0 fully saturated rings. The molecule has 9 heteroatoms. The molecule has 0 unspecified atom stereocenters. The van der Waals surface area contributed by atoms with Crippen molar-refractivity contribution in [3.8, 4) is 0 Å². The molecule has 8 nitrogen and oxygen atoms in total. The number of esters is 2. The summed E-state index contributed by atoms with van der Waals surface area (Å²) in [6.07, 6.45) is -0.206. The van der Waals surface area contributed by atoms with Gasteiger partial charge in [-0.15, -0.1) is 0 Å². The highest BCUT2D eigenvalue weighted by Crippen LogP contribution is 2.32. The molecule has 2 rings (SSSR count). The molecule has 0 saturated heterocycles. The molecular weight excluding hydrogens is 347 g/mol. The van der Waals surface area contributed by atoms with Crippen molar-refractivity contribution in [3.63, 3.8) is 0 Å². The zero-order chi connectivity index (χ0) is 19.3. The Morgan fingerprint density at radius 2 is 1.85 bits per heavy atom. The van der Waals surface area contributed by atoms with Gasteiger partial charge in [-0.1, -0.05) is 6.07 Å².